The fourth-order valence-electron chi connectivity index (χ4n) is 2.61. The smallest absolute Gasteiger partial charge is 0.412 e. The molecule has 1 amide bonds. The van der Waals surface area contributed by atoms with Crippen molar-refractivity contribution >= 4 is 17.5 Å². The van der Waals surface area contributed by atoms with Crippen LogP contribution in [0.25, 0.3) is 0 Å². The summed E-state index contributed by atoms with van der Waals surface area (Å²) in [5.41, 5.74) is 1.30. The molecule has 116 valence electrons. The summed E-state index contributed by atoms with van der Waals surface area (Å²) >= 11 is 0. The maximum Gasteiger partial charge on any atom is 0.412 e. The van der Waals surface area contributed by atoms with Crippen LogP contribution in [-0.4, -0.2) is 18.2 Å². The van der Waals surface area contributed by atoms with Gasteiger partial charge in [-0.3, -0.25) is 5.32 Å². The van der Waals surface area contributed by atoms with Crippen molar-refractivity contribution in [2.75, 3.05) is 17.2 Å². The minimum Gasteiger partial charge on any atom is -0.444 e. The van der Waals surface area contributed by atoms with Crippen LogP contribution in [0, 0.1) is 5.92 Å². The number of rotatable bonds is 4. The molecular formula is C17H26N2O2. The first-order valence-corrected chi connectivity index (χ1v) is 7.76. The average molecular weight is 290 g/mol. The van der Waals surface area contributed by atoms with Gasteiger partial charge in [-0.2, -0.15) is 0 Å². The van der Waals surface area contributed by atoms with Crippen molar-refractivity contribution in [3.63, 3.8) is 0 Å². The molecule has 0 aliphatic heterocycles. The number of hydrogen-bond donors (Lipinski definition) is 2. The molecule has 1 aromatic carbocycles. The van der Waals surface area contributed by atoms with Crippen LogP contribution >= 0.6 is 0 Å². The summed E-state index contributed by atoms with van der Waals surface area (Å²) in [7, 11) is 0. The predicted molar refractivity (Wildman–Crippen MR) is 86.7 cm³/mol. The van der Waals surface area contributed by atoms with E-state index >= 15 is 0 Å². The van der Waals surface area contributed by atoms with Crippen LogP contribution in [0.3, 0.4) is 0 Å². The lowest BCUT2D eigenvalue weighted by atomic mass is 10.1. The molecule has 1 aliphatic rings. The molecule has 0 saturated heterocycles. The minimum atomic E-state index is -0.484. The van der Waals surface area contributed by atoms with E-state index in [4.69, 9.17) is 4.74 Å². The molecule has 4 nitrogen and oxygen atoms in total. The van der Waals surface area contributed by atoms with Crippen LogP contribution in [0.4, 0.5) is 16.2 Å². The third-order valence-electron chi connectivity index (χ3n) is 3.58. The number of nitrogens with one attached hydrogen (secondary N) is 2. The van der Waals surface area contributed by atoms with E-state index in [9.17, 15) is 4.79 Å². The Bertz CT molecular complexity index is 474. The van der Waals surface area contributed by atoms with Crippen LogP contribution < -0.4 is 10.6 Å². The lowest BCUT2D eigenvalue weighted by Gasteiger charge is -2.20. The van der Waals surface area contributed by atoms with Crippen molar-refractivity contribution in [3.05, 3.63) is 24.3 Å². The highest BCUT2D eigenvalue weighted by Crippen LogP contribution is 2.25. The van der Waals surface area contributed by atoms with Crippen molar-refractivity contribution < 1.29 is 9.53 Å². The molecule has 1 saturated carbocycles. The highest BCUT2D eigenvalue weighted by molar-refractivity contribution is 5.85. The molecule has 2 rings (SSSR count). The van der Waals surface area contributed by atoms with Crippen LogP contribution in [0.5, 0.6) is 0 Å². The molecule has 1 aliphatic carbocycles. The summed E-state index contributed by atoms with van der Waals surface area (Å²) in [5.74, 6) is 0.785. The van der Waals surface area contributed by atoms with E-state index in [-0.39, 0.29) is 0 Å². The molecule has 21 heavy (non-hydrogen) atoms. The first-order chi connectivity index (χ1) is 9.92. The molecule has 0 bridgehead atoms. The Labute approximate surface area is 127 Å². The Morgan fingerprint density at radius 2 is 1.90 bits per heavy atom. The van der Waals surface area contributed by atoms with Crippen LogP contribution in [0.2, 0.25) is 0 Å². The van der Waals surface area contributed by atoms with Gasteiger partial charge in [-0.15, -0.1) is 0 Å². The van der Waals surface area contributed by atoms with Crippen molar-refractivity contribution in [1.82, 2.24) is 0 Å². The van der Waals surface area contributed by atoms with Crippen molar-refractivity contribution in [2.45, 2.75) is 52.1 Å². The Kier molecular flexibility index (Phi) is 5.10. The maximum absolute atomic E-state index is 11.8. The van der Waals surface area contributed by atoms with Gasteiger partial charge in [0.05, 0.1) is 0 Å². The summed E-state index contributed by atoms with van der Waals surface area (Å²) in [4.78, 5) is 11.8. The van der Waals surface area contributed by atoms with Gasteiger partial charge < -0.3 is 10.1 Å². The fraction of sp³-hybridized carbons (Fsp3) is 0.588. The predicted octanol–water partition coefficient (Wildman–Crippen LogP) is 4.64. The quantitative estimate of drug-likeness (QED) is 0.849. The van der Waals surface area contributed by atoms with Gasteiger partial charge in [-0.05, 0) is 57.7 Å². The first kappa shape index (κ1) is 15.7. The van der Waals surface area contributed by atoms with E-state index in [1.54, 1.807) is 0 Å². The topological polar surface area (TPSA) is 50.4 Å². The van der Waals surface area contributed by atoms with Gasteiger partial charge in [0, 0.05) is 17.9 Å². The highest BCUT2D eigenvalue weighted by Gasteiger charge is 2.16. The van der Waals surface area contributed by atoms with Crippen molar-refractivity contribution in [3.8, 4) is 0 Å². The zero-order valence-electron chi connectivity index (χ0n) is 13.2. The van der Waals surface area contributed by atoms with Gasteiger partial charge in [0.25, 0.3) is 0 Å². The van der Waals surface area contributed by atoms with Crippen LogP contribution in [-0.2, 0) is 4.74 Å². The number of amides is 1. The van der Waals surface area contributed by atoms with Gasteiger partial charge in [0.15, 0.2) is 0 Å². The zero-order chi connectivity index (χ0) is 15.3. The number of carbonyl (C=O) groups is 1. The van der Waals surface area contributed by atoms with Gasteiger partial charge >= 0.3 is 6.09 Å². The first-order valence-electron chi connectivity index (χ1n) is 7.76. The second-order valence-corrected chi connectivity index (χ2v) is 6.74. The monoisotopic (exact) mass is 290 g/mol. The number of carbonyl (C=O) groups excluding carboxylic acids is 1. The molecule has 2 N–H and O–H groups in total. The molecule has 0 radical (unpaired) electrons. The number of benzene rings is 1. The fourth-order valence-corrected chi connectivity index (χ4v) is 2.61. The standard InChI is InChI=1S/C17H26N2O2/c1-17(2,3)21-16(20)19-15-10-6-9-14(11-15)18-12-13-7-4-5-8-13/h6,9-11,13,18H,4-5,7-8,12H2,1-3H3,(H,19,20). The van der Waals surface area contributed by atoms with E-state index in [0.29, 0.717) is 0 Å². The highest BCUT2D eigenvalue weighted by atomic mass is 16.6. The van der Waals surface area contributed by atoms with Crippen molar-refractivity contribution in [1.29, 1.82) is 0 Å². The molecule has 0 heterocycles. The van der Waals surface area contributed by atoms with E-state index in [1.165, 1.54) is 25.7 Å². The van der Waals surface area contributed by atoms with Crippen molar-refractivity contribution in [2.24, 2.45) is 5.92 Å². The minimum absolute atomic E-state index is 0.421. The Morgan fingerprint density at radius 3 is 2.57 bits per heavy atom. The summed E-state index contributed by atoms with van der Waals surface area (Å²) < 4.78 is 5.25. The van der Waals surface area contributed by atoms with E-state index < -0.39 is 11.7 Å². The Balaban J connectivity index is 1.86. The maximum atomic E-state index is 11.8. The molecular weight excluding hydrogens is 264 g/mol. The summed E-state index contributed by atoms with van der Waals surface area (Å²) in [6.45, 7) is 6.57. The third-order valence-corrected chi connectivity index (χ3v) is 3.58. The Hall–Kier alpha value is -1.71. The molecule has 0 atom stereocenters. The molecule has 0 aromatic heterocycles. The zero-order valence-corrected chi connectivity index (χ0v) is 13.2. The third kappa shape index (κ3) is 5.66. The van der Waals surface area contributed by atoms with Gasteiger partial charge in [-0.25, -0.2) is 4.79 Å². The average Bonchev–Trinajstić information content (AvgIpc) is 2.87. The molecule has 0 unspecified atom stereocenters. The van der Waals surface area contributed by atoms with E-state index in [1.807, 2.05) is 45.0 Å². The molecule has 4 heteroatoms. The largest absolute Gasteiger partial charge is 0.444 e. The molecule has 1 aromatic rings. The van der Waals surface area contributed by atoms with Crippen LogP contribution in [0.15, 0.2) is 24.3 Å². The number of ether oxygens (including phenoxy) is 1. The lowest BCUT2D eigenvalue weighted by Crippen LogP contribution is -2.27. The van der Waals surface area contributed by atoms with Gasteiger partial charge in [0.2, 0.25) is 0 Å². The second kappa shape index (κ2) is 6.83. The number of anilines is 2. The lowest BCUT2D eigenvalue weighted by molar-refractivity contribution is 0.0636. The molecule has 0 spiro atoms. The number of hydrogen-bond acceptors (Lipinski definition) is 3. The van der Waals surface area contributed by atoms with E-state index in [0.717, 1.165) is 23.8 Å². The Morgan fingerprint density at radius 1 is 1.24 bits per heavy atom. The van der Waals surface area contributed by atoms with Crippen LogP contribution in [0.1, 0.15) is 46.5 Å². The second-order valence-electron chi connectivity index (χ2n) is 6.74. The van der Waals surface area contributed by atoms with Gasteiger partial charge in [-0.1, -0.05) is 18.9 Å². The van der Waals surface area contributed by atoms with Gasteiger partial charge in [0.1, 0.15) is 5.60 Å². The van der Waals surface area contributed by atoms with E-state index in [2.05, 4.69) is 10.6 Å². The summed E-state index contributed by atoms with van der Waals surface area (Å²) in [5, 5.41) is 6.22. The normalized spacial score (nSPS) is 15.8. The summed E-state index contributed by atoms with van der Waals surface area (Å²) in [6, 6.07) is 7.77. The molecule has 1 fully saturated rings. The SMILES string of the molecule is CC(C)(C)OC(=O)Nc1cccc(NCC2CCCC2)c1. The summed E-state index contributed by atoms with van der Waals surface area (Å²) in [6.07, 6.45) is 4.93.